The van der Waals surface area contributed by atoms with Crippen molar-refractivity contribution in [3.63, 3.8) is 0 Å². The largest absolute Gasteiger partial charge is 0.350 e. The second kappa shape index (κ2) is 6.10. The van der Waals surface area contributed by atoms with Gasteiger partial charge in [-0.1, -0.05) is 32.4 Å². The van der Waals surface area contributed by atoms with Crippen LogP contribution in [0.25, 0.3) is 0 Å². The zero-order valence-corrected chi connectivity index (χ0v) is 13.6. The van der Waals surface area contributed by atoms with Crippen LogP contribution in [0.1, 0.15) is 36.8 Å². The van der Waals surface area contributed by atoms with Gasteiger partial charge in [0.1, 0.15) is 15.5 Å². The molecule has 0 fully saturated rings. The maximum atomic E-state index is 11.9. The third-order valence-corrected chi connectivity index (χ3v) is 3.91. The number of sulfone groups is 1. The molecule has 1 aromatic heterocycles. The van der Waals surface area contributed by atoms with Gasteiger partial charge < -0.3 is 5.32 Å². The van der Waals surface area contributed by atoms with Gasteiger partial charge in [0.2, 0.25) is 0 Å². The average Bonchev–Trinajstić information content (AvgIpc) is 2.25. The Hall–Kier alpha value is -1.14. The van der Waals surface area contributed by atoms with Gasteiger partial charge in [0.05, 0.1) is 10.8 Å². The van der Waals surface area contributed by atoms with E-state index in [1.165, 1.54) is 0 Å². The van der Waals surface area contributed by atoms with Gasteiger partial charge in [-0.2, -0.15) is 0 Å². The fourth-order valence-electron chi connectivity index (χ4n) is 1.45. The molecule has 1 N–H and O–H groups in total. The molecule has 112 valence electrons. The summed E-state index contributed by atoms with van der Waals surface area (Å²) in [7, 11) is -3.11. The van der Waals surface area contributed by atoms with Crippen LogP contribution in [0.15, 0.2) is 12.3 Å². The molecule has 0 aliphatic rings. The third kappa shape index (κ3) is 5.09. The summed E-state index contributed by atoms with van der Waals surface area (Å²) in [6.07, 6.45) is 2.72. The monoisotopic (exact) mass is 318 g/mol. The minimum absolute atomic E-state index is 0.0384. The Morgan fingerprint density at radius 3 is 2.45 bits per heavy atom. The molecule has 0 aliphatic heterocycles. The Bertz CT molecular complexity index is 607. The minimum Gasteiger partial charge on any atom is -0.350 e. The van der Waals surface area contributed by atoms with E-state index in [0.717, 1.165) is 11.8 Å². The highest BCUT2D eigenvalue weighted by Gasteiger charge is 2.18. The second-order valence-corrected chi connectivity index (χ2v) is 8.36. The molecule has 1 aromatic rings. The zero-order chi connectivity index (χ0) is 15.6. The molecule has 20 heavy (non-hydrogen) atoms. The number of hydrogen-bond acceptors (Lipinski definition) is 4. The first-order valence-electron chi connectivity index (χ1n) is 6.12. The Balaban J connectivity index is 2.80. The number of pyridine rings is 1. The highest BCUT2D eigenvalue weighted by Crippen LogP contribution is 2.25. The summed E-state index contributed by atoms with van der Waals surface area (Å²) < 4.78 is 22.0. The third-order valence-electron chi connectivity index (χ3n) is 2.68. The number of carbonyl (C=O) groups is 1. The van der Waals surface area contributed by atoms with Gasteiger partial charge in [0.25, 0.3) is 5.91 Å². The second-order valence-electron chi connectivity index (χ2n) is 5.69. The smallest absolute Gasteiger partial charge is 0.271 e. The van der Waals surface area contributed by atoms with Crippen LogP contribution in [0.3, 0.4) is 0 Å². The van der Waals surface area contributed by atoms with E-state index in [1.54, 1.807) is 12.3 Å². The molecule has 0 spiro atoms. The SMILES string of the molecule is CC(C)(C)c1cnc(C(=O)NCCS(C)(=O)=O)c(Cl)c1. The van der Waals surface area contributed by atoms with Crippen LogP contribution in [-0.4, -0.2) is 37.9 Å². The first-order chi connectivity index (χ1) is 9.00. The van der Waals surface area contributed by atoms with E-state index >= 15 is 0 Å². The van der Waals surface area contributed by atoms with E-state index in [4.69, 9.17) is 11.6 Å². The van der Waals surface area contributed by atoms with Crippen LogP contribution in [0, 0.1) is 0 Å². The molecule has 1 rings (SSSR count). The van der Waals surface area contributed by atoms with Crippen LogP contribution < -0.4 is 5.32 Å². The lowest BCUT2D eigenvalue weighted by Gasteiger charge is -2.19. The van der Waals surface area contributed by atoms with Gasteiger partial charge in [-0.3, -0.25) is 4.79 Å². The van der Waals surface area contributed by atoms with Crippen LogP contribution in [-0.2, 0) is 15.3 Å². The van der Waals surface area contributed by atoms with Crippen molar-refractivity contribution in [2.45, 2.75) is 26.2 Å². The van der Waals surface area contributed by atoms with Gasteiger partial charge in [-0.15, -0.1) is 0 Å². The standard InChI is InChI=1S/C13H19ClN2O3S/c1-13(2,3)9-7-10(14)11(16-8-9)12(17)15-5-6-20(4,18)19/h7-8H,5-6H2,1-4H3,(H,15,17). The van der Waals surface area contributed by atoms with Crippen molar-refractivity contribution in [1.29, 1.82) is 0 Å². The van der Waals surface area contributed by atoms with Gasteiger partial charge in [0, 0.05) is 19.0 Å². The highest BCUT2D eigenvalue weighted by atomic mass is 35.5. The number of nitrogens with one attached hydrogen (secondary N) is 1. The number of nitrogens with zero attached hydrogens (tertiary/aromatic N) is 1. The van der Waals surface area contributed by atoms with Gasteiger partial charge in [-0.25, -0.2) is 13.4 Å². The van der Waals surface area contributed by atoms with E-state index < -0.39 is 15.7 Å². The molecule has 0 unspecified atom stereocenters. The molecule has 1 heterocycles. The molecular weight excluding hydrogens is 300 g/mol. The molecular formula is C13H19ClN2O3S. The number of aromatic nitrogens is 1. The Labute approximate surface area is 124 Å². The van der Waals surface area contributed by atoms with Crippen molar-refractivity contribution in [1.82, 2.24) is 10.3 Å². The first-order valence-corrected chi connectivity index (χ1v) is 8.56. The first kappa shape index (κ1) is 16.9. The Kier molecular flexibility index (Phi) is 5.15. The maximum absolute atomic E-state index is 11.9. The summed E-state index contributed by atoms with van der Waals surface area (Å²) >= 11 is 6.06. The van der Waals surface area contributed by atoms with E-state index in [-0.39, 0.29) is 28.4 Å². The lowest BCUT2D eigenvalue weighted by Crippen LogP contribution is -2.29. The maximum Gasteiger partial charge on any atom is 0.271 e. The van der Waals surface area contributed by atoms with E-state index in [0.29, 0.717) is 0 Å². The summed E-state index contributed by atoms with van der Waals surface area (Å²) in [6, 6.07) is 1.71. The summed E-state index contributed by atoms with van der Waals surface area (Å²) in [6.45, 7) is 6.10. The van der Waals surface area contributed by atoms with Crippen molar-refractivity contribution in [3.8, 4) is 0 Å². The predicted octanol–water partition coefficient (Wildman–Crippen LogP) is 1.81. The highest BCUT2D eigenvalue weighted by molar-refractivity contribution is 7.90. The van der Waals surface area contributed by atoms with Crippen LogP contribution in [0.5, 0.6) is 0 Å². The van der Waals surface area contributed by atoms with Crippen molar-refractivity contribution in [3.05, 3.63) is 28.5 Å². The summed E-state index contributed by atoms with van der Waals surface area (Å²) in [5.41, 5.74) is 0.922. The topological polar surface area (TPSA) is 76.1 Å². The van der Waals surface area contributed by atoms with Crippen LogP contribution in [0.2, 0.25) is 5.02 Å². The van der Waals surface area contributed by atoms with Crippen molar-refractivity contribution in [2.75, 3.05) is 18.6 Å². The minimum atomic E-state index is -3.11. The number of carbonyl (C=O) groups excluding carboxylic acids is 1. The number of hydrogen-bond donors (Lipinski definition) is 1. The zero-order valence-electron chi connectivity index (χ0n) is 12.0. The number of rotatable bonds is 4. The quantitative estimate of drug-likeness (QED) is 0.918. The van der Waals surface area contributed by atoms with Crippen LogP contribution >= 0.6 is 11.6 Å². The van der Waals surface area contributed by atoms with Crippen LogP contribution in [0.4, 0.5) is 0 Å². The molecule has 0 radical (unpaired) electrons. The Morgan fingerprint density at radius 1 is 1.40 bits per heavy atom. The lowest BCUT2D eigenvalue weighted by molar-refractivity contribution is 0.0951. The molecule has 0 aliphatic carbocycles. The molecule has 5 nitrogen and oxygen atoms in total. The van der Waals surface area contributed by atoms with Crippen molar-refractivity contribution >= 4 is 27.3 Å². The molecule has 0 saturated heterocycles. The van der Waals surface area contributed by atoms with Gasteiger partial charge >= 0.3 is 0 Å². The van der Waals surface area contributed by atoms with E-state index in [9.17, 15) is 13.2 Å². The number of amides is 1. The molecule has 0 atom stereocenters. The normalized spacial score (nSPS) is 12.2. The summed E-state index contributed by atoms with van der Waals surface area (Å²) in [4.78, 5) is 15.9. The van der Waals surface area contributed by atoms with Crippen molar-refractivity contribution < 1.29 is 13.2 Å². The fraction of sp³-hybridized carbons (Fsp3) is 0.538. The average molecular weight is 319 g/mol. The fourth-order valence-corrected chi connectivity index (χ4v) is 2.17. The lowest BCUT2D eigenvalue weighted by atomic mass is 9.88. The van der Waals surface area contributed by atoms with E-state index in [1.807, 2.05) is 20.8 Å². The molecule has 7 heteroatoms. The molecule has 0 aromatic carbocycles. The molecule has 1 amide bonds. The number of halogens is 1. The van der Waals surface area contributed by atoms with E-state index in [2.05, 4.69) is 10.3 Å². The van der Waals surface area contributed by atoms with Gasteiger partial charge in [0.15, 0.2) is 0 Å². The van der Waals surface area contributed by atoms with Crippen molar-refractivity contribution in [2.24, 2.45) is 0 Å². The Morgan fingerprint density at radius 2 is 2.00 bits per heavy atom. The summed E-state index contributed by atoms with van der Waals surface area (Å²) in [5.74, 6) is -0.588. The molecule has 0 bridgehead atoms. The molecule has 0 saturated carbocycles. The van der Waals surface area contributed by atoms with Gasteiger partial charge in [-0.05, 0) is 17.0 Å². The summed E-state index contributed by atoms with van der Waals surface area (Å²) in [5, 5.41) is 2.75. The predicted molar refractivity (Wildman–Crippen MR) is 80.0 cm³/mol.